The molecule has 18 heavy (non-hydrogen) atoms. The number of hydrogen-bond donors (Lipinski definition) is 1. The molecule has 0 aliphatic heterocycles. The van der Waals surface area contributed by atoms with Gasteiger partial charge in [-0.1, -0.05) is 18.6 Å². The second-order valence-electron chi connectivity index (χ2n) is 5.18. The molecule has 1 fully saturated rings. The van der Waals surface area contributed by atoms with Crippen molar-refractivity contribution in [3.05, 3.63) is 11.4 Å². The monoisotopic (exact) mass is 248 g/mol. The SMILES string of the molecule is CC(CCO)Cn1nnc(CC#N)c1C1CCC1. The van der Waals surface area contributed by atoms with Crippen LogP contribution in [-0.2, 0) is 13.0 Å². The zero-order chi connectivity index (χ0) is 13.0. The number of nitriles is 1. The standard InChI is InChI=1S/C13H20N4O/c1-10(6-8-18)9-17-13(11-3-2-4-11)12(5-7-14)15-16-17/h10-11,18H,2-6,8-9H2,1H3. The Bertz CT molecular complexity index is 431. The van der Waals surface area contributed by atoms with Crippen molar-refractivity contribution in [1.29, 1.82) is 5.26 Å². The lowest BCUT2D eigenvalue weighted by atomic mass is 9.81. The predicted molar refractivity (Wildman–Crippen MR) is 66.8 cm³/mol. The van der Waals surface area contributed by atoms with Crippen LogP contribution in [0.4, 0.5) is 0 Å². The van der Waals surface area contributed by atoms with E-state index in [1.165, 1.54) is 19.3 Å². The average Bonchev–Trinajstić information content (AvgIpc) is 2.61. The van der Waals surface area contributed by atoms with Gasteiger partial charge in [-0.05, 0) is 25.2 Å². The minimum absolute atomic E-state index is 0.208. The van der Waals surface area contributed by atoms with Crippen LogP contribution in [0.25, 0.3) is 0 Å². The van der Waals surface area contributed by atoms with Crippen molar-refractivity contribution in [2.45, 2.75) is 51.5 Å². The van der Waals surface area contributed by atoms with Gasteiger partial charge >= 0.3 is 0 Å². The van der Waals surface area contributed by atoms with E-state index >= 15 is 0 Å². The van der Waals surface area contributed by atoms with Gasteiger partial charge in [0.15, 0.2) is 0 Å². The molecule has 1 atom stereocenters. The van der Waals surface area contributed by atoms with Crippen molar-refractivity contribution in [2.24, 2.45) is 5.92 Å². The molecule has 1 aromatic heterocycles. The van der Waals surface area contributed by atoms with Crippen LogP contribution in [0.2, 0.25) is 0 Å². The second-order valence-corrected chi connectivity index (χ2v) is 5.18. The topological polar surface area (TPSA) is 74.7 Å². The molecule has 1 N–H and O–H groups in total. The first-order valence-corrected chi connectivity index (χ1v) is 6.66. The third kappa shape index (κ3) is 2.70. The first-order chi connectivity index (χ1) is 8.76. The first-order valence-electron chi connectivity index (χ1n) is 6.66. The van der Waals surface area contributed by atoms with E-state index in [-0.39, 0.29) is 6.61 Å². The van der Waals surface area contributed by atoms with Gasteiger partial charge in [-0.25, -0.2) is 4.68 Å². The van der Waals surface area contributed by atoms with Gasteiger partial charge in [0.1, 0.15) is 5.69 Å². The molecule has 98 valence electrons. The highest BCUT2D eigenvalue weighted by Crippen LogP contribution is 2.37. The van der Waals surface area contributed by atoms with Gasteiger partial charge in [0.25, 0.3) is 0 Å². The van der Waals surface area contributed by atoms with Crippen molar-refractivity contribution < 1.29 is 5.11 Å². The number of aromatic nitrogens is 3. The van der Waals surface area contributed by atoms with E-state index in [1.807, 2.05) is 4.68 Å². The summed E-state index contributed by atoms with van der Waals surface area (Å²) in [4.78, 5) is 0. The molecule has 1 saturated carbocycles. The van der Waals surface area contributed by atoms with Crippen LogP contribution < -0.4 is 0 Å². The third-order valence-electron chi connectivity index (χ3n) is 3.69. The molecule has 1 heterocycles. The first kappa shape index (κ1) is 13.0. The summed E-state index contributed by atoms with van der Waals surface area (Å²) >= 11 is 0. The summed E-state index contributed by atoms with van der Waals surface area (Å²) in [6.07, 6.45) is 4.74. The molecule has 1 aromatic rings. The predicted octanol–water partition coefficient (Wildman–Crippen LogP) is 1.63. The molecule has 0 aromatic carbocycles. The Kier molecular flexibility index (Phi) is 4.32. The van der Waals surface area contributed by atoms with Crippen LogP contribution in [0.1, 0.15) is 49.9 Å². The molecule has 0 saturated heterocycles. The van der Waals surface area contributed by atoms with Gasteiger partial charge in [0, 0.05) is 19.1 Å². The van der Waals surface area contributed by atoms with Crippen molar-refractivity contribution in [1.82, 2.24) is 15.0 Å². The Morgan fingerprint density at radius 2 is 2.33 bits per heavy atom. The van der Waals surface area contributed by atoms with E-state index in [0.717, 1.165) is 24.4 Å². The molecular formula is C13H20N4O. The number of hydrogen-bond acceptors (Lipinski definition) is 4. The smallest absolute Gasteiger partial charge is 0.100 e. The number of aliphatic hydroxyl groups excluding tert-OH is 1. The Balaban J connectivity index is 2.15. The molecule has 2 rings (SSSR count). The molecule has 1 aliphatic rings. The van der Waals surface area contributed by atoms with Gasteiger partial charge in [-0.2, -0.15) is 5.26 Å². The Labute approximate surface area is 107 Å². The highest BCUT2D eigenvalue weighted by atomic mass is 16.3. The molecule has 5 heteroatoms. The van der Waals surface area contributed by atoms with Gasteiger partial charge < -0.3 is 5.11 Å². The maximum atomic E-state index is 8.95. The molecule has 1 aliphatic carbocycles. The molecule has 0 bridgehead atoms. The van der Waals surface area contributed by atoms with E-state index < -0.39 is 0 Å². The van der Waals surface area contributed by atoms with Gasteiger partial charge in [0.05, 0.1) is 18.2 Å². The van der Waals surface area contributed by atoms with Gasteiger partial charge in [-0.3, -0.25) is 0 Å². The second kappa shape index (κ2) is 5.96. The molecule has 1 unspecified atom stereocenters. The average molecular weight is 248 g/mol. The van der Waals surface area contributed by atoms with E-state index in [4.69, 9.17) is 10.4 Å². The van der Waals surface area contributed by atoms with Crippen LogP contribution in [0.15, 0.2) is 0 Å². The molecule has 0 radical (unpaired) electrons. The zero-order valence-electron chi connectivity index (χ0n) is 10.8. The lowest BCUT2D eigenvalue weighted by Gasteiger charge is -2.27. The molecule has 0 amide bonds. The lowest BCUT2D eigenvalue weighted by molar-refractivity contribution is 0.248. The Hall–Kier alpha value is -1.41. The van der Waals surface area contributed by atoms with Crippen LogP contribution in [-0.4, -0.2) is 26.7 Å². The Morgan fingerprint density at radius 1 is 1.56 bits per heavy atom. The summed E-state index contributed by atoms with van der Waals surface area (Å²) in [5, 5.41) is 26.1. The molecular weight excluding hydrogens is 228 g/mol. The summed E-state index contributed by atoms with van der Waals surface area (Å²) in [7, 11) is 0. The van der Waals surface area contributed by atoms with Crippen LogP contribution >= 0.6 is 0 Å². The summed E-state index contributed by atoms with van der Waals surface area (Å²) in [6, 6.07) is 2.16. The number of rotatable bonds is 6. The normalized spacial score (nSPS) is 17.2. The fourth-order valence-corrected chi connectivity index (χ4v) is 2.43. The van der Waals surface area contributed by atoms with Crippen LogP contribution in [0.5, 0.6) is 0 Å². The Morgan fingerprint density at radius 3 is 2.89 bits per heavy atom. The van der Waals surface area contributed by atoms with Gasteiger partial charge in [0.2, 0.25) is 0 Å². The highest BCUT2D eigenvalue weighted by molar-refractivity contribution is 5.20. The fraction of sp³-hybridized carbons (Fsp3) is 0.769. The lowest BCUT2D eigenvalue weighted by Crippen LogP contribution is -2.19. The van der Waals surface area contributed by atoms with Crippen LogP contribution in [0, 0.1) is 17.2 Å². The summed E-state index contributed by atoms with van der Waals surface area (Å²) in [6.45, 7) is 3.09. The minimum Gasteiger partial charge on any atom is -0.396 e. The van der Waals surface area contributed by atoms with E-state index in [2.05, 4.69) is 23.3 Å². The van der Waals surface area contributed by atoms with Gasteiger partial charge in [-0.15, -0.1) is 5.10 Å². The van der Waals surface area contributed by atoms with Crippen LogP contribution in [0.3, 0.4) is 0 Å². The summed E-state index contributed by atoms with van der Waals surface area (Å²) < 4.78 is 1.96. The maximum absolute atomic E-state index is 8.95. The summed E-state index contributed by atoms with van der Waals surface area (Å²) in [5.74, 6) is 0.912. The maximum Gasteiger partial charge on any atom is 0.100 e. The summed E-state index contributed by atoms with van der Waals surface area (Å²) in [5.41, 5.74) is 2.01. The fourth-order valence-electron chi connectivity index (χ4n) is 2.43. The largest absolute Gasteiger partial charge is 0.396 e. The molecule has 5 nitrogen and oxygen atoms in total. The zero-order valence-corrected chi connectivity index (χ0v) is 10.8. The number of nitrogens with zero attached hydrogens (tertiary/aromatic N) is 4. The van der Waals surface area contributed by atoms with Crippen molar-refractivity contribution >= 4 is 0 Å². The number of aliphatic hydroxyl groups is 1. The van der Waals surface area contributed by atoms with Crippen molar-refractivity contribution in [2.75, 3.05) is 6.61 Å². The quantitative estimate of drug-likeness (QED) is 0.830. The minimum atomic E-state index is 0.208. The highest BCUT2D eigenvalue weighted by Gasteiger charge is 2.27. The van der Waals surface area contributed by atoms with E-state index in [0.29, 0.717) is 18.3 Å². The van der Waals surface area contributed by atoms with E-state index in [9.17, 15) is 0 Å². The van der Waals surface area contributed by atoms with E-state index in [1.54, 1.807) is 0 Å². The van der Waals surface area contributed by atoms with Crippen molar-refractivity contribution in [3.63, 3.8) is 0 Å². The molecule has 0 spiro atoms. The van der Waals surface area contributed by atoms with Crippen molar-refractivity contribution in [3.8, 4) is 6.07 Å². The third-order valence-corrected chi connectivity index (χ3v) is 3.69.